The van der Waals surface area contributed by atoms with E-state index in [9.17, 15) is 0 Å². The molecule has 0 radical (unpaired) electrons. The van der Waals surface area contributed by atoms with Crippen molar-refractivity contribution >= 4 is 11.3 Å². The normalized spacial score (nSPS) is 19.9. The summed E-state index contributed by atoms with van der Waals surface area (Å²) in [5.74, 6) is 0. The highest BCUT2D eigenvalue weighted by molar-refractivity contribution is 7.10. The lowest BCUT2D eigenvalue weighted by atomic mass is 10.00. The number of piperidine rings is 1. The molecule has 0 unspecified atom stereocenters. The average Bonchev–Trinajstić information content (AvgIpc) is 3.10. The highest BCUT2D eigenvalue weighted by Gasteiger charge is 2.24. The van der Waals surface area contributed by atoms with Crippen molar-refractivity contribution < 1.29 is 0 Å². The molecule has 4 heteroatoms. The highest BCUT2D eigenvalue weighted by atomic mass is 32.1. The van der Waals surface area contributed by atoms with Crippen molar-refractivity contribution in [3.8, 4) is 0 Å². The quantitative estimate of drug-likeness (QED) is 0.903. The second-order valence-electron chi connectivity index (χ2n) is 6.17. The maximum Gasteiger partial charge on any atom is 0.0388 e. The van der Waals surface area contributed by atoms with Gasteiger partial charge in [0.1, 0.15) is 0 Å². The number of pyridine rings is 1. The number of rotatable bonds is 5. The van der Waals surface area contributed by atoms with Crippen LogP contribution in [0.3, 0.4) is 0 Å². The summed E-state index contributed by atoms with van der Waals surface area (Å²) in [6, 6.07) is 10.2. The van der Waals surface area contributed by atoms with E-state index in [1.165, 1.54) is 23.3 Å². The van der Waals surface area contributed by atoms with Crippen LogP contribution in [-0.2, 0) is 0 Å². The second kappa shape index (κ2) is 7.36. The SMILES string of the molecule is C[C@@H](NC1CCN([C@@H](C)c2ccncc2)CC1)c1cccs1. The molecule has 0 bridgehead atoms. The molecule has 0 amide bonds. The maximum absolute atomic E-state index is 4.11. The van der Waals surface area contributed by atoms with Crippen molar-refractivity contribution in [3.05, 3.63) is 52.5 Å². The predicted molar refractivity (Wildman–Crippen MR) is 93.1 cm³/mol. The van der Waals surface area contributed by atoms with Crippen LogP contribution < -0.4 is 5.32 Å². The van der Waals surface area contributed by atoms with E-state index in [2.05, 4.69) is 58.7 Å². The van der Waals surface area contributed by atoms with Gasteiger partial charge in [0.2, 0.25) is 0 Å². The Bertz CT molecular complexity index is 547. The smallest absolute Gasteiger partial charge is 0.0388 e. The first-order valence-corrected chi connectivity index (χ1v) is 9.05. The molecule has 2 atom stereocenters. The van der Waals surface area contributed by atoms with Crippen LogP contribution in [-0.4, -0.2) is 29.0 Å². The Hall–Kier alpha value is -1.23. The summed E-state index contributed by atoms with van der Waals surface area (Å²) in [6.45, 7) is 6.91. The number of aromatic nitrogens is 1. The highest BCUT2D eigenvalue weighted by Crippen LogP contribution is 2.25. The number of nitrogens with one attached hydrogen (secondary N) is 1. The minimum atomic E-state index is 0.467. The van der Waals surface area contributed by atoms with Crippen molar-refractivity contribution in [1.29, 1.82) is 0 Å². The van der Waals surface area contributed by atoms with Crippen LogP contribution in [0, 0.1) is 0 Å². The van der Waals surface area contributed by atoms with Crippen LogP contribution in [0.25, 0.3) is 0 Å². The zero-order valence-corrected chi connectivity index (χ0v) is 14.2. The Kier molecular flexibility index (Phi) is 5.24. The minimum Gasteiger partial charge on any atom is -0.307 e. The third-order valence-electron chi connectivity index (χ3n) is 4.72. The molecule has 0 saturated carbocycles. The molecule has 118 valence electrons. The molecule has 3 nitrogen and oxygen atoms in total. The molecular formula is C18H25N3S. The van der Waals surface area contributed by atoms with E-state index in [1.54, 1.807) is 0 Å². The summed E-state index contributed by atoms with van der Waals surface area (Å²) in [7, 11) is 0. The first-order valence-electron chi connectivity index (χ1n) is 8.17. The van der Waals surface area contributed by atoms with Crippen LogP contribution in [0.4, 0.5) is 0 Å². The molecule has 2 aromatic rings. The van der Waals surface area contributed by atoms with Gasteiger partial charge in [-0.15, -0.1) is 11.3 Å². The van der Waals surface area contributed by atoms with Crippen molar-refractivity contribution in [3.63, 3.8) is 0 Å². The van der Waals surface area contributed by atoms with E-state index in [4.69, 9.17) is 0 Å². The Morgan fingerprint density at radius 3 is 2.55 bits per heavy atom. The summed E-state index contributed by atoms with van der Waals surface area (Å²) in [4.78, 5) is 8.14. The lowest BCUT2D eigenvalue weighted by Gasteiger charge is -2.37. The van der Waals surface area contributed by atoms with Gasteiger partial charge < -0.3 is 5.32 Å². The summed E-state index contributed by atoms with van der Waals surface area (Å²) < 4.78 is 0. The van der Waals surface area contributed by atoms with Gasteiger partial charge in [-0.2, -0.15) is 0 Å². The van der Waals surface area contributed by atoms with Crippen molar-refractivity contribution in [2.45, 2.75) is 44.8 Å². The fraction of sp³-hybridized carbons (Fsp3) is 0.500. The molecule has 22 heavy (non-hydrogen) atoms. The summed E-state index contributed by atoms with van der Waals surface area (Å²) in [6.07, 6.45) is 6.24. The van der Waals surface area contributed by atoms with Gasteiger partial charge in [-0.1, -0.05) is 6.07 Å². The molecule has 1 aliphatic heterocycles. The van der Waals surface area contributed by atoms with Crippen LogP contribution in [0.5, 0.6) is 0 Å². The monoisotopic (exact) mass is 315 g/mol. The van der Waals surface area contributed by atoms with Gasteiger partial charge in [0, 0.05) is 48.5 Å². The second-order valence-corrected chi connectivity index (χ2v) is 7.15. The maximum atomic E-state index is 4.11. The fourth-order valence-electron chi connectivity index (χ4n) is 3.28. The van der Waals surface area contributed by atoms with E-state index in [0.29, 0.717) is 18.1 Å². The predicted octanol–water partition coefficient (Wildman–Crippen LogP) is 4.02. The van der Waals surface area contributed by atoms with E-state index >= 15 is 0 Å². The van der Waals surface area contributed by atoms with Crippen LogP contribution in [0.1, 0.15) is 49.2 Å². The molecule has 1 saturated heterocycles. The van der Waals surface area contributed by atoms with Crippen LogP contribution >= 0.6 is 11.3 Å². The van der Waals surface area contributed by atoms with E-state index in [0.717, 1.165) is 13.1 Å². The molecule has 0 aliphatic carbocycles. The van der Waals surface area contributed by atoms with Gasteiger partial charge in [-0.05, 0) is 55.8 Å². The Morgan fingerprint density at radius 1 is 1.18 bits per heavy atom. The summed E-state index contributed by atoms with van der Waals surface area (Å²) in [5, 5.41) is 5.95. The van der Waals surface area contributed by atoms with E-state index in [-0.39, 0.29) is 0 Å². The zero-order valence-electron chi connectivity index (χ0n) is 13.4. The first-order chi connectivity index (χ1) is 10.7. The number of hydrogen-bond donors (Lipinski definition) is 1. The molecule has 1 aliphatic rings. The minimum absolute atomic E-state index is 0.467. The van der Waals surface area contributed by atoms with Crippen molar-refractivity contribution in [2.24, 2.45) is 0 Å². The number of nitrogens with zero attached hydrogens (tertiary/aromatic N) is 2. The molecular weight excluding hydrogens is 290 g/mol. The van der Waals surface area contributed by atoms with E-state index < -0.39 is 0 Å². The van der Waals surface area contributed by atoms with Gasteiger partial charge in [0.05, 0.1) is 0 Å². The lowest BCUT2D eigenvalue weighted by Crippen LogP contribution is -2.43. The van der Waals surface area contributed by atoms with Gasteiger partial charge in [0.25, 0.3) is 0 Å². The number of hydrogen-bond acceptors (Lipinski definition) is 4. The average molecular weight is 315 g/mol. The molecule has 1 N–H and O–H groups in total. The van der Waals surface area contributed by atoms with Crippen molar-refractivity contribution in [2.75, 3.05) is 13.1 Å². The Morgan fingerprint density at radius 2 is 1.91 bits per heavy atom. The van der Waals surface area contributed by atoms with Gasteiger partial charge in [-0.25, -0.2) is 0 Å². The zero-order chi connectivity index (χ0) is 15.4. The van der Waals surface area contributed by atoms with Gasteiger partial charge in [-0.3, -0.25) is 9.88 Å². The topological polar surface area (TPSA) is 28.2 Å². The molecule has 0 aromatic carbocycles. The Balaban J connectivity index is 1.50. The van der Waals surface area contributed by atoms with Crippen LogP contribution in [0.2, 0.25) is 0 Å². The number of likely N-dealkylation sites (tertiary alicyclic amines) is 1. The molecule has 1 fully saturated rings. The molecule has 3 heterocycles. The van der Waals surface area contributed by atoms with Gasteiger partial charge in [0.15, 0.2) is 0 Å². The molecule has 0 spiro atoms. The Labute approximate surface area is 137 Å². The summed E-state index contributed by atoms with van der Waals surface area (Å²) in [5.41, 5.74) is 1.37. The molecule has 2 aromatic heterocycles. The standard InChI is InChI=1S/C18H25N3S/c1-14(18-4-3-13-22-18)20-17-7-11-21(12-8-17)15(2)16-5-9-19-10-6-16/h3-6,9-10,13-15,17,20H,7-8,11-12H2,1-2H3/t14-,15+/m1/s1. The summed E-state index contributed by atoms with van der Waals surface area (Å²) >= 11 is 1.84. The molecule has 3 rings (SSSR count). The van der Waals surface area contributed by atoms with Crippen LogP contribution in [0.15, 0.2) is 42.0 Å². The van der Waals surface area contributed by atoms with E-state index in [1.807, 2.05) is 23.7 Å². The van der Waals surface area contributed by atoms with Gasteiger partial charge >= 0.3 is 0 Å². The third kappa shape index (κ3) is 3.75. The third-order valence-corrected chi connectivity index (χ3v) is 5.78. The number of thiophene rings is 1. The lowest BCUT2D eigenvalue weighted by molar-refractivity contribution is 0.149. The fourth-order valence-corrected chi connectivity index (χ4v) is 4.02. The van der Waals surface area contributed by atoms with Crippen molar-refractivity contribution in [1.82, 2.24) is 15.2 Å². The largest absolute Gasteiger partial charge is 0.307 e. The first kappa shape index (κ1) is 15.7.